The minimum absolute atomic E-state index is 0.410. The van der Waals surface area contributed by atoms with Crippen LogP contribution in [0, 0.1) is 6.92 Å². The zero-order chi connectivity index (χ0) is 10.3. The largest absolute Gasteiger partial charge is 0.387 e. The normalized spacial score (nSPS) is 13.4. The van der Waals surface area contributed by atoms with E-state index in [0.29, 0.717) is 0 Å². The summed E-state index contributed by atoms with van der Waals surface area (Å²) >= 11 is 0. The van der Waals surface area contributed by atoms with Gasteiger partial charge in [0.2, 0.25) is 0 Å². The number of nitrogens with zero attached hydrogens (tertiary/aromatic N) is 1. The highest BCUT2D eigenvalue weighted by Gasteiger charge is 2.14. The molecule has 0 amide bonds. The Balaban J connectivity index is 2.85. The van der Waals surface area contributed by atoms with E-state index in [1.54, 1.807) is 6.92 Å². The fourth-order valence-corrected chi connectivity index (χ4v) is 2.20. The predicted molar refractivity (Wildman–Crippen MR) is 58.3 cm³/mol. The Morgan fingerprint density at radius 2 is 1.93 bits per heavy atom. The summed E-state index contributed by atoms with van der Waals surface area (Å²) in [6, 6.07) is 8.22. The van der Waals surface area contributed by atoms with Crippen molar-refractivity contribution in [1.29, 1.82) is 0 Å². The van der Waals surface area contributed by atoms with Gasteiger partial charge in [-0.15, -0.1) is 0 Å². The number of aliphatic hydroxyl groups excluding tert-OH is 1. The monoisotopic (exact) mass is 189 g/mol. The molecule has 2 aromatic rings. The number of aryl methyl sites for hydroxylation is 2. The summed E-state index contributed by atoms with van der Waals surface area (Å²) in [5.74, 6) is 0. The van der Waals surface area contributed by atoms with E-state index in [2.05, 4.69) is 23.6 Å². The van der Waals surface area contributed by atoms with Crippen molar-refractivity contribution in [2.75, 3.05) is 0 Å². The third-order valence-electron chi connectivity index (χ3n) is 2.81. The molecular weight excluding hydrogens is 174 g/mol. The van der Waals surface area contributed by atoms with Gasteiger partial charge in [-0.25, -0.2) is 0 Å². The summed E-state index contributed by atoms with van der Waals surface area (Å²) in [6.45, 7) is 3.87. The lowest BCUT2D eigenvalue weighted by atomic mass is 10.1. The maximum Gasteiger partial charge on any atom is 0.0914 e. The molecule has 1 unspecified atom stereocenters. The second-order valence-corrected chi connectivity index (χ2v) is 3.76. The van der Waals surface area contributed by atoms with Crippen LogP contribution in [0.1, 0.15) is 24.3 Å². The van der Waals surface area contributed by atoms with Gasteiger partial charge < -0.3 is 9.67 Å². The van der Waals surface area contributed by atoms with Gasteiger partial charge in [0.15, 0.2) is 0 Å². The van der Waals surface area contributed by atoms with Gasteiger partial charge in [-0.1, -0.05) is 18.2 Å². The first kappa shape index (κ1) is 9.28. The van der Waals surface area contributed by atoms with E-state index in [4.69, 9.17) is 0 Å². The number of fused-ring (bicyclic) bond motifs is 1. The van der Waals surface area contributed by atoms with Crippen LogP contribution in [0.2, 0.25) is 0 Å². The summed E-state index contributed by atoms with van der Waals surface area (Å²) in [4.78, 5) is 0. The molecular formula is C12H15NO. The molecule has 2 nitrogen and oxygen atoms in total. The molecule has 14 heavy (non-hydrogen) atoms. The molecule has 0 aliphatic rings. The lowest BCUT2D eigenvalue weighted by molar-refractivity contribution is 0.190. The second-order valence-electron chi connectivity index (χ2n) is 3.76. The lowest BCUT2D eigenvalue weighted by Crippen LogP contribution is -2.01. The van der Waals surface area contributed by atoms with E-state index in [-0.39, 0.29) is 0 Å². The molecule has 74 valence electrons. The Bertz CT molecular complexity index is 429. The number of para-hydroxylation sites is 1. The minimum atomic E-state index is -0.410. The van der Waals surface area contributed by atoms with E-state index >= 15 is 0 Å². The maximum atomic E-state index is 9.67. The van der Waals surface area contributed by atoms with Crippen molar-refractivity contribution in [2.45, 2.75) is 20.0 Å². The van der Waals surface area contributed by atoms with Gasteiger partial charge in [-0.2, -0.15) is 0 Å². The molecule has 0 spiro atoms. The lowest BCUT2D eigenvalue weighted by Gasteiger charge is -2.07. The Hall–Kier alpha value is -1.28. The van der Waals surface area contributed by atoms with Crippen molar-refractivity contribution < 1.29 is 5.11 Å². The van der Waals surface area contributed by atoms with Crippen molar-refractivity contribution in [3.8, 4) is 0 Å². The molecule has 1 aromatic carbocycles. The summed E-state index contributed by atoms with van der Waals surface area (Å²) in [5, 5.41) is 10.9. The van der Waals surface area contributed by atoms with E-state index in [1.165, 1.54) is 16.5 Å². The number of aliphatic hydroxyl groups is 1. The van der Waals surface area contributed by atoms with Gasteiger partial charge in [0.05, 0.1) is 6.10 Å². The molecule has 1 aromatic heterocycles. The third-order valence-corrected chi connectivity index (χ3v) is 2.81. The van der Waals surface area contributed by atoms with E-state index < -0.39 is 6.10 Å². The zero-order valence-corrected chi connectivity index (χ0v) is 8.78. The highest BCUT2D eigenvalue weighted by molar-refractivity contribution is 5.85. The van der Waals surface area contributed by atoms with Crippen molar-refractivity contribution in [3.63, 3.8) is 0 Å². The van der Waals surface area contributed by atoms with Crippen molar-refractivity contribution in [3.05, 3.63) is 35.5 Å². The number of hydrogen-bond donors (Lipinski definition) is 1. The van der Waals surface area contributed by atoms with Crippen LogP contribution >= 0.6 is 0 Å². The van der Waals surface area contributed by atoms with Crippen molar-refractivity contribution in [2.24, 2.45) is 7.05 Å². The van der Waals surface area contributed by atoms with Gasteiger partial charge in [0.1, 0.15) is 0 Å². The van der Waals surface area contributed by atoms with Crippen LogP contribution < -0.4 is 0 Å². The molecule has 2 heteroatoms. The average Bonchev–Trinajstić information content (AvgIpc) is 2.41. The van der Waals surface area contributed by atoms with Crippen LogP contribution in [0.15, 0.2) is 24.3 Å². The van der Waals surface area contributed by atoms with E-state index in [0.717, 1.165) is 5.69 Å². The molecule has 0 saturated heterocycles. The molecule has 1 N–H and O–H groups in total. The highest BCUT2D eigenvalue weighted by atomic mass is 16.3. The Morgan fingerprint density at radius 3 is 2.50 bits per heavy atom. The fraction of sp³-hybridized carbons (Fsp3) is 0.333. The molecule has 1 atom stereocenters. The molecule has 0 radical (unpaired) electrons. The maximum absolute atomic E-state index is 9.67. The van der Waals surface area contributed by atoms with Gasteiger partial charge >= 0.3 is 0 Å². The first-order valence-corrected chi connectivity index (χ1v) is 4.85. The second kappa shape index (κ2) is 3.14. The zero-order valence-electron chi connectivity index (χ0n) is 8.78. The Labute approximate surface area is 83.8 Å². The molecule has 0 aliphatic carbocycles. The van der Waals surface area contributed by atoms with Gasteiger partial charge in [0.25, 0.3) is 0 Å². The number of benzene rings is 1. The molecule has 0 bridgehead atoms. The van der Waals surface area contributed by atoms with Gasteiger partial charge in [0, 0.05) is 23.6 Å². The molecule has 0 saturated carbocycles. The molecule has 2 rings (SSSR count). The summed E-state index contributed by atoms with van der Waals surface area (Å²) < 4.78 is 2.06. The Kier molecular flexibility index (Phi) is 2.08. The minimum Gasteiger partial charge on any atom is -0.387 e. The predicted octanol–water partition coefficient (Wildman–Crippen LogP) is 2.54. The summed E-state index contributed by atoms with van der Waals surface area (Å²) in [5.41, 5.74) is 3.37. The molecule has 0 fully saturated rings. The van der Waals surface area contributed by atoms with Gasteiger partial charge in [-0.3, -0.25) is 0 Å². The number of hydrogen-bond acceptors (Lipinski definition) is 1. The number of aromatic nitrogens is 1. The molecule has 0 aliphatic heterocycles. The van der Waals surface area contributed by atoms with Crippen LogP contribution in [-0.4, -0.2) is 9.67 Å². The fourth-order valence-electron chi connectivity index (χ4n) is 2.20. The van der Waals surface area contributed by atoms with Crippen LogP contribution in [0.4, 0.5) is 0 Å². The smallest absolute Gasteiger partial charge is 0.0914 e. The van der Waals surface area contributed by atoms with Crippen LogP contribution in [0.5, 0.6) is 0 Å². The molecule has 1 heterocycles. The van der Waals surface area contributed by atoms with Crippen molar-refractivity contribution in [1.82, 2.24) is 4.57 Å². The first-order valence-electron chi connectivity index (χ1n) is 4.85. The summed E-state index contributed by atoms with van der Waals surface area (Å²) in [6.07, 6.45) is -0.410. The standard InChI is InChI=1S/C12H15NO/c1-8-10-6-4-5-7-11(10)13(3)12(8)9(2)14/h4-7,9,14H,1-3H3. The quantitative estimate of drug-likeness (QED) is 0.732. The number of rotatable bonds is 1. The van der Waals surface area contributed by atoms with Crippen molar-refractivity contribution >= 4 is 10.9 Å². The third kappa shape index (κ3) is 1.15. The van der Waals surface area contributed by atoms with Crippen LogP contribution in [-0.2, 0) is 7.05 Å². The van der Waals surface area contributed by atoms with Gasteiger partial charge in [-0.05, 0) is 25.5 Å². The average molecular weight is 189 g/mol. The van der Waals surface area contributed by atoms with Crippen LogP contribution in [0.3, 0.4) is 0 Å². The highest BCUT2D eigenvalue weighted by Crippen LogP contribution is 2.28. The topological polar surface area (TPSA) is 25.2 Å². The van der Waals surface area contributed by atoms with Crippen LogP contribution in [0.25, 0.3) is 10.9 Å². The van der Waals surface area contributed by atoms with E-state index in [9.17, 15) is 5.11 Å². The van der Waals surface area contributed by atoms with E-state index in [1.807, 2.05) is 19.2 Å². The summed E-state index contributed by atoms with van der Waals surface area (Å²) in [7, 11) is 2.00. The Morgan fingerprint density at radius 1 is 1.29 bits per heavy atom. The first-order chi connectivity index (χ1) is 6.63. The SMILES string of the molecule is Cc1c(C(C)O)n(C)c2ccccc12.